The molecular formula is C17H17NO2. The smallest absolute Gasteiger partial charge is 0.255 e. The summed E-state index contributed by atoms with van der Waals surface area (Å²) >= 11 is 0. The number of aryl methyl sites for hydroxylation is 1. The molecule has 3 rings (SSSR count). The Morgan fingerprint density at radius 3 is 2.90 bits per heavy atom. The summed E-state index contributed by atoms with van der Waals surface area (Å²) in [7, 11) is 0. The van der Waals surface area contributed by atoms with Gasteiger partial charge in [-0.1, -0.05) is 12.1 Å². The van der Waals surface area contributed by atoms with Gasteiger partial charge in [-0.05, 0) is 55.3 Å². The normalized spacial score (nSPS) is 16.4. The van der Waals surface area contributed by atoms with Crippen molar-refractivity contribution in [3.8, 4) is 5.75 Å². The van der Waals surface area contributed by atoms with Crippen LogP contribution in [0.1, 0.15) is 28.4 Å². The number of hydrogen-bond donors (Lipinski definition) is 1. The average molecular weight is 267 g/mol. The highest BCUT2D eigenvalue weighted by atomic mass is 16.5. The Hall–Kier alpha value is -2.29. The van der Waals surface area contributed by atoms with Gasteiger partial charge in [-0.2, -0.15) is 0 Å². The van der Waals surface area contributed by atoms with Gasteiger partial charge < -0.3 is 10.1 Å². The van der Waals surface area contributed by atoms with Gasteiger partial charge in [0.05, 0.1) is 0 Å². The van der Waals surface area contributed by atoms with E-state index in [-0.39, 0.29) is 12.0 Å². The standard InChI is InChI=1S/C17H17NO2/c1-11-4-3-5-15(8-11)18-17(19)13-6-7-16-14(10-13)9-12(2)20-16/h3-8,10,12H,9H2,1-2H3,(H,18,19)/t12-/m1/s1. The van der Waals surface area contributed by atoms with Gasteiger partial charge in [0.1, 0.15) is 11.9 Å². The van der Waals surface area contributed by atoms with E-state index >= 15 is 0 Å². The summed E-state index contributed by atoms with van der Waals surface area (Å²) in [6.07, 6.45) is 1.06. The second kappa shape index (κ2) is 5.00. The number of fused-ring (bicyclic) bond motifs is 1. The van der Waals surface area contributed by atoms with Gasteiger partial charge in [-0.3, -0.25) is 4.79 Å². The highest BCUT2D eigenvalue weighted by Crippen LogP contribution is 2.29. The van der Waals surface area contributed by atoms with Crippen molar-refractivity contribution in [2.45, 2.75) is 26.4 Å². The molecule has 1 aliphatic heterocycles. The molecule has 0 bridgehead atoms. The molecule has 3 heteroatoms. The first-order chi connectivity index (χ1) is 9.61. The lowest BCUT2D eigenvalue weighted by molar-refractivity contribution is 0.102. The first-order valence-electron chi connectivity index (χ1n) is 6.79. The van der Waals surface area contributed by atoms with Crippen LogP contribution in [0, 0.1) is 6.92 Å². The molecule has 0 aliphatic carbocycles. The van der Waals surface area contributed by atoms with E-state index in [1.165, 1.54) is 0 Å². The molecule has 0 saturated heterocycles. The van der Waals surface area contributed by atoms with E-state index in [9.17, 15) is 4.79 Å². The fourth-order valence-electron chi connectivity index (χ4n) is 2.49. The van der Waals surface area contributed by atoms with Crippen LogP contribution in [0.15, 0.2) is 42.5 Å². The lowest BCUT2D eigenvalue weighted by Gasteiger charge is -2.07. The van der Waals surface area contributed by atoms with Crippen LogP contribution in [0.2, 0.25) is 0 Å². The maximum Gasteiger partial charge on any atom is 0.255 e. The molecule has 0 fully saturated rings. The fourth-order valence-corrected chi connectivity index (χ4v) is 2.49. The molecule has 2 aromatic carbocycles. The van der Waals surface area contributed by atoms with Crippen molar-refractivity contribution in [3.05, 3.63) is 59.2 Å². The highest BCUT2D eigenvalue weighted by Gasteiger charge is 2.20. The van der Waals surface area contributed by atoms with Gasteiger partial charge in [-0.25, -0.2) is 0 Å². The molecule has 1 atom stereocenters. The molecule has 1 aliphatic rings. The van der Waals surface area contributed by atoms with Crippen molar-refractivity contribution >= 4 is 11.6 Å². The number of ether oxygens (including phenoxy) is 1. The summed E-state index contributed by atoms with van der Waals surface area (Å²) < 4.78 is 5.64. The van der Waals surface area contributed by atoms with Crippen molar-refractivity contribution in [2.24, 2.45) is 0 Å². The largest absolute Gasteiger partial charge is 0.490 e. The molecule has 0 aromatic heterocycles. The second-order valence-corrected chi connectivity index (χ2v) is 5.28. The molecule has 0 radical (unpaired) electrons. The van der Waals surface area contributed by atoms with Crippen LogP contribution in [0.5, 0.6) is 5.75 Å². The number of hydrogen-bond acceptors (Lipinski definition) is 2. The third kappa shape index (κ3) is 2.52. The molecule has 0 saturated carbocycles. The molecule has 1 N–H and O–H groups in total. The minimum absolute atomic E-state index is 0.0852. The van der Waals surface area contributed by atoms with E-state index in [0.29, 0.717) is 5.56 Å². The minimum Gasteiger partial charge on any atom is -0.490 e. The number of carbonyl (C=O) groups is 1. The van der Waals surface area contributed by atoms with E-state index in [2.05, 4.69) is 5.32 Å². The Morgan fingerprint density at radius 2 is 2.10 bits per heavy atom. The zero-order valence-electron chi connectivity index (χ0n) is 11.6. The molecule has 3 nitrogen and oxygen atoms in total. The first kappa shape index (κ1) is 12.7. The van der Waals surface area contributed by atoms with E-state index in [1.54, 1.807) is 0 Å². The molecular weight excluding hydrogens is 250 g/mol. The molecule has 20 heavy (non-hydrogen) atoms. The monoisotopic (exact) mass is 267 g/mol. The van der Waals surface area contributed by atoms with E-state index in [1.807, 2.05) is 56.3 Å². The maximum absolute atomic E-state index is 12.3. The number of amides is 1. The lowest BCUT2D eigenvalue weighted by Crippen LogP contribution is -2.12. The molecule has 1 amide bonds. The predicted octanol–water partition coefficient (Wildman–Crippen LogP) is 3.57. The lowest BCUT2D eigenvalue weighted by atomic mass is 10.1. The Kier molecular flexibility index (Phi) is 3.18. The van der Waals surface area contributed by atoms with Crippen LogP contribution in [0.3, 0.4) is 0 Å². The van der Waals surface area contributed by atoms with Gasteiger partial charge in [0.2, 0.25) is 0 Å². The maximum atomic E-state index is 12.3. The summed E-state index contributed by atoms with van der Waals surface area (Å²) in [5.41, 5.74) is 3.72. The Bertz CT molecular complexity index is 664. The summed E-state index contributed by atoms with van der Waals surface area (Å²) in [5, 5.41) is 2.92. The Balaban J connectivity index is 1.80. The number of benzene rings is 2. The van der Waals surface area contributed by atoms with Crippen LogP contribution in [0.4, 0.5) is 5.69 Å². The zero-order chi connectivity index (χ0) is 14.1. The summed E-state index contributed by atoms with van der Waals surface area (Å²) in [6, 6.07) is 13.4. The van der Waals surface area contributed by atoms with Gasteiger partial charge in [-0.15, -0.1) is 0 Å². The molecule has 2 aromatic rings. The number of rotatable bonds is 2. The average Bonchev–Trinajstić information content (AvgIpc) is 2.77. The van der Waals surface area contributed by atoms with Crippen LogP contribution in [-0.4, -0.2) is 12.0 Å². The van der Waals surface area contributed by atoms with Crippen molar-refractivity contribution in [1.29, 1.82) is 0 Å². The van der Waals surface area contributed by atoms with Crippen LogP contribution >= 0.6 is 0 Å². The predicted molar refractivity (Wildman–Crippen MR) is 79.4 cm³/mol. The second-order valence-electron chi connectivity index (χ2n) is 5.28. The summed E-state index contributed by atoms with van der Waals surface area (Å²) in [5.74, 6) is 0.808. The minimum atomic E-state index is -0.0852. The third-order valence-electron chi connectivity index (χ3n) is 3.43. The number of carbonyl (C=O) groups excluding carboxylic acids is 1. The molecule has 102 valence electrons. The number of anilines is 1. The Morgan fingerprint density at radius 1 is 1.25 bits per heavy atom. The van der Waals surface area contributed by atoms with Gasteiger partial charge in [0, 0.05) is 17.7 Å². The fraction of sp³-hybridized carbons (Fsp3) is 0.235. The van der Waals surface area contributed by atoms with Crippen molar-refractivity contribution in [1.82, 2.24) is 0 Å². The topological polar surface area (TPSA) is 38.3 Å². The SMILES string of the molecule is Cc1cccc(NC(=O)c2ccc3c(c2)C[C@@H](C)O3)c1. The molecule has 0 unspecified atom stereocenters. The van der Waals surface area contributed by atoms with E-state index in [0.717, 1.165) is 29.0 Å². The van der Waals surface area contributed by atoms with Gasteiger partial charge >= 0.3 is 0 Å². The molecule has 1 heterocycles. The van der Waals surface area contributed by atoms with Gasteiger partial charge in [0.25, 0.3) is 5.91 Å². The highest BCUT2D eigenvalue weighted by molar-refractivity contribution is 6.04. The van der Waals surface area contributed by atoms with E-state index in [4.69, 9.17) is 4.74 Å². The third-order valence-corrected chi connectivity index (χ3v) is 3.43. The van der Waals surface area contributed by atoms with E-state index < -0.39 is 0 Å². The first-order valence-corrected chi connectivity index (χ1v) is 6.79. The van der Waals surface area contributed by atoms with Crippen molar-refractivity contribution < 1.29 is 9.53 Å². The van der Waals surface area contributed by atoms with Crippen LogP contribution < -0.4 is 10.1 Å². The summed E-state index contributed by atoms with van der Waals surface area (Å²) in [4.78, 5) is 12.3. The summed E-state index contributed by atoms with van der Waals surface area (Å²) in [6.45, 7) is 4.04. The Labute approximate surface area is 118 Å². The van der Waals surface area contributed by atoms with Gasteiger partial charge in [0.15, 0.2) is 0 Å². The zero-order valence-corrected chi connectivity index (χ0v) is 11.6. The van der Waals surface area contributed by atoms with Crippen LogP contribution in [-0.2, 0) is 6.42 Å². The van der Waals surface area contributed by atoms with Crippen LogP contribution in [0.25, 0.3) is 0 Å². The van der Waals surface area contributed by atoms with Crippen molar-refractivity contribution in [3.63, 3.8) is 0 Å². The quantitative estimate of drug-likeness (QED) is 0.903. The molecule has 0 spiro atoms. The number of nitrogens with one attached hydrogen (secondary N) is 1. The van der Waals surface area contributed by atoms with Crippen molar-refractivity contribution in [2.75, 3.05) is 5.32 Å².